The molecule has 0 fully saturated rings. The summed E-state index contributed by atoms with van der Waals surface area (Å²) in [6.45, 7) is 0. The Hall–Kier alpha value is -0.0800. The Morgan fingerprint density at radius 3 is 0.955 bits per heavy atom. The second kappa shape index (κ2) is 7.66. The first-order chi connectivity index (χ1) is 10.1. The van der Waals surface area contributed by atoms with Crippen molar-refractivity contribution in [3.63, 3.8) is 0 Å². The van der Waals surface area contributed by atoms with E-state index < -0.39 is 33.4 Å². The first-order valence-corrected chi connectivity index (χ1v) is 10.1. The third-order valence-electron chi connectivity index (χ3n) is 2.87. The lowest BCUT2D eigenvalue weighted by atomic mass is 10.8. The molecule has 0 aliphatic rings. The molecule has 0 spiro atoms. The van der Waals surface area contributed by atoms with Crippen LogP contribution < -0.4 is 0 Å². The lowest BCUT2D eigenvalue weighted by molar-refractivity contribution is -0.137. The van der Waals surface area contributed by atoms with Crippen molar-refractivity contribution in [2.45, 2.75) is 4.64 Å². The summed E-state index contributed by atoms with van der Waals surface area (Å²) in [6, 6.07) is 0. The van der Waals surface area contributed by atoms with Gasteiger partial charge in [0, 0.05) is 42.7 Å². The van der Waals surface area contributed by atoms with Crippen molar-refractivity contribution in [1.82, 2.24) is 0 Å². The van der Waals surface area contributed by atoms with Crippen molar-refractivity contribution in [2.24, 2.45) is 0 Å². The first-order valence-electron chi connectivity index (χ1n) is 5.44. The SMILES string of the molecule is COP(=O)(OC)C(C(=O)O)(P(=O)(OC)OC)P(=O)(OC)OC. The summed E-state index contributed by atoms with van der Waals surface area (Å²) in [5.74, 6) is -2.13. The average molecular weight is 384 g/mol. The summed E-state index contributed by atoms with van der Waals surface area (Å²) >= 11 is 0. The van der Waals surface area contributed by atoms with Gasteiger partial charge >= 0.3 is 33.4 Å². The summed E-state index contributed by atoms with van der Waals surface area (Å²) in [7, 11) is -9.86. The molecule has 0 aliphatic carbocycles. The van der Waals surface area contributed by atoms with Crippen LogP contribution in [0.3, 0.4) is 0 Å². The Bertz CT molecular complexity index is 455. The molecule has 0 radical (unpaired) electrons. The molecule has 0 amide bonds. The minimum Gasteiger partial charge on any atom is -0.479 e. The molecular weight excluding hydrogens is 365 g/mol. The van der Waals surface area contributed by atoms with E-state index in [2.05, 4.69) is 27.1 Å². The Kier molecular flexibility index (Phi) is 7.63. The van der Waals surface area contributed by atoms with Gasteiger partial charge in [0.25, 0.3) is 0 Å². The standard InChI is InChI=1S/C8H19O11P3/c1-14-20(11,15-2)8(7(9)10,21(12,16-3)17-4)22(13,18-5)19-6/h1-6H3,(H,9,10). The van der Waals surface area contributed by atoms with E-state index in [0.717, 1.165) is 42.7 Å². The van der Waals surface area contributed by atoms with E-state index in [0.29, 0.717) is 0 Å². The van der Waals surface area contributed by atoms with Gasteiger partial charge in [0.2, 0.25) is 0 Å². The highest BCUT2D eigenvalue weighted by molar-refractivity contribution is 7.92. The molecule has 0 bridgehead atoms. The largest absolute Gasteiger partial charge is 0.479 e. The van der Waals surface area contributed by atoms with E-state index in [1.807, 2.05) is 0 Å². The number of aliphatic carboxylic acids is 1. The van der Waals surface area contributed by atoms with E-state index in [4.69, 9.17) is 0 Å². The first kappa shape index (κ1) is 21.9. The van der Waals surface area contributed by atoms with Crippen LogP contribution in [-0.4, -0.2) is 58.4 Å². The van der Waals surface area contributed by atoms with E-state index in [1.165, 1.54) is 0 Å². The molecule has 22 heavy (non-hydrogen) atoms. The molecule has 0 aromatic heterocycles. The van der Waals surface area contributed by atoms with Gasteiger partial charge in [-0.3, -0.25) is 13.7 Å². The number of carboxylic acids is 1. The summed E-state index contributed by atoms with van der Waals surface area (Å²) in [5.41, 5.74) is 0. The van der Waals surface area contributed by atoms with Crippen molar-refractivity contribution < 1.29 is 50.7 Å². The predicted molar refractivity (Wildman–Crippen MR) is 75.2 cm³/mol. The summed E-state index contributed by atoms with van der Waals surface area (Å²) in [6.07, 6.45) is 0. The van der Waals surface area contributed by atoms with E-state index in [1.54, 1.807) is 0 Å². The molecule has 0 atom stereocenters. The highest BCUT2D eigenvalue weighted by Crippen LogP contribution is 2.90. The number of hydrogen-bond donors (Lipinski definition) is 1. The smallest absolute Gasteiger partial charge is 0.372 e. The monoisotopic (exact) mass is 384 g/mol. The molecule has 11 nitrogen and oxygen atoms in total. The number of rotatable bonds is 10. The number of carbonyl (C=O) groups is 1. The van der Waals surface area contributed by atoms with Crippen LogP contribution in [0.25, 0.3) is 0 Å². The van der Waals surface area contributed by atoms with E-state index in [-0.39, 0.29) is 0 Å². The molecule has 0 aliphatic heterocycles. The van der Waals surface area contributed by atoms with Crippen molar-refractivity contribution in [3.05, 3.63) is 0 Å². The topological polar surface area (TPSA) is 144 Å². The van der Waals surface area contributed by atoms with Gasteiger partial charge in [-0.15, -0.1) is 0 Å². The van der Waals surface area contributed by atoms with Crippen LogP contribution in [0.4, 0.5) is 0 Å². The fourth-order valence-electron chi connectivity index (χ4n) is 1.79. The molecule has 0 saturated carbocycles. The van der Waals surface area contributed by atoms with Crippen LogP contribution in [0, 0.1) is 0 Å². The van der Waals surface area contributed by atoms with Gasteiger partial charge in [-0.05, 0) is 0 Å². The zero-order valence-corrected chi connectivity index (χ0v) is 15.6. The van der Waals surface area contributed by atoms with Crippen LogP contribution in [0.1, 0.15) is 0 Å². The van der Waals surface area contributed by atoms with Crippen LogP contribution in [-0.2, 0) is 45.6 Å². The predicted octanol–water partition coefficient (Wildman–Crippen LogP) is 2.18. The van der Waals surface area contributed by atoms with Crippen LogP contribution in [0.5, 0.6) is 0 Å². The van der Waals surface area contributed by atoms with Gasteiger partial charge in [-0.2, -0.15) is 0 Å². The van der Waals surface area contributed by atoms with Crippen molar-refractivity contribution in [2.75, 3.05) is 42.7 Å². The molecule has 0 unspecified atom stereocenters. The number of carboxylic acid groups (broad SMARTS) is 1. The molecule has 0 heterocycles. The molecular formula is C8H19O11P3. The van der Waals surface area contributed by atoms with E-state index >= 15 is 0 Å². The van der Waals surface area contributed by atoms with Gasteiger partial charge in [0.15, 0.2) is 0 Å². The second-order valence-electron chi connectivity index (χ2n) is 3.53. The fraction of sp³-hybridized carbons (Fsp3) is 0.875. The molecule has 1 N–H and O–H groups in total. The minimum atomic E-state index is -4.91. The maximum absolute atomic E-state index is 12.9. The zero-order chi connectivity index (χ0) is 17.8. The highest BCUT2D eigenvalue weighted by atomic mass is 31.3. The van der Waals surface area contributed by atoms with Gasteiger partial charge < -0.3 is 32.2 Å². The Morgan fingerprint density at radius 2 is 0.864 bits per heavy atom. The summed E-state index contributed by atoms with van der Waals surface area (Å²) in [5, 5.41) is 9.62. The normalized spacial score (nSPS) is 14.1. The fourth-order valence-corrected chi connectivity index (χ4v) is 11.0. The third-order valence-corrected chi connectivity index (χ3v) is 13.0. The Labute approximate surface area is 127 Å². The Balaban J connectivity index is 7.21. The maximum atomic E-state index is 12.9. The van der Waals surface area contributed by atoms with Crippen LogP contribution >= 0.6 is 22.8 Å². The lowest BCUT2D eigenvalue weighted by Gasteiger charge is -2.39. The molecule has 0 aromatic carbocycles. The van der Waals surface area contributed by atoms with Crippen molar-refractivity contribution in [3.8, 4) is 0 Å². The van der Waals surface area contributed by atoms with Crippen molar-refractivity contribution in [1.29, 1.82) is 0 Å². The van der Waals surface area contributed by atoms with Crippen LogP contribution in [0.2, 0.25) is 0 Å². The third kappa shape index (κ3) is 2.75. The summed E-state index contributed by atoms with van der Waals surface area (Å²) < 4.78 is 62.8. The molecule has 0 rings (SSSR count). The molecule has 0 saturated heterocycles. The van der Waals surface area contributed by atoms with E-state index in [9.17, 15) is 23.6 Å². The van der Waals surface area contributed by atoms with Gasteiger partial charge in [0.05, 0.1) is 0 Å². The minimum absolute atomic E-state index is 0.813. The zero-order valence-electron chi connectivity index (χ0n) is 12.9. The molecule has 0 aromatic rings. The Morgan fingerprint density at radius 1 is 0.682 bits per heavy atom. The average Bonchev–Trinajstić information content (AvgIpc) is 2.53. The quantitative estimate of drug-likeness (QED) is 0.553. The van der Waals surface area contributed by atoms with Crippen molar-refractivity contribution >= 4 is 28.8 Å². The molecule has 132 valence electrons. The van der Waals surface area contributed by atoms with Gasteiger partial charge in [0.1, 0.15) is 0 Å². The van der Waals surface area contributed by atoms with Crippen LogP contribution in [0.15, 0.2) is 0 Å². The summed E-state index contributed by atoms with van der Waals surface area (Å²) in [4.78, 5) is 11.9. The van der Waals surface area contributed by atoms with Gasteiger partial charge in [-0.1, -0.05) is 0 Å². The second-order valence-corrected chi connectivity index (χ2v) is 11.8. The number of hydrogen-bond acceptors (Lipinski definition) is 10. The molecule has 14 heteroatoms. The lowest BCUT2D eigenvalue weighted by Crippen LogP contribution is -2.41. The maximum Gasteiger partial charge on any atom is 0.372 e. The highest BCUT2D eigenvalue weighted by Gasteiger charge is 2.82. The van der Waals surface area contributed by atoms with Gasteiger partial charge in [-0.25, -0.2) is 4.79 Å².